The van der Waals surface area contributed by atoms with Gasteiger partial charge in [0.05, 0.1) is 10.6 Å². The van der Waals surface area contributed by atoms with E-state index in [4.69, 9.17) is 0 Å². The number of hydrogen-bond acceptors (Lipinski definition) is 5. The van der Waals surface area contributed by atoms with Crippen molar-refractivity contribution < 1.29 is 9.72 Å². The fourth-order valence-corrected chi connectivity index (χ4v) is 3.55. The first-order valence-electron chi connectivity index (χ1n) is 8.78. The Bertz CT molecular complexity index is 1030. The molecule has 6 nitrogen and oxygen atoms in total. The number of nitro groups is 1. The quantitative estimate of drug-likeness (QED) is 0.462. The van der Waals surface area contributed by atoms with Crippen LogP contribution < -0.4 is 5.32 Å². The Morgan fingerprint density at radius 2 is 1.82 bits per heavy atom. The van der Waals surface area contributed by atoms with Gasteiger partial charge in [0.1, 0.15) is 0 Å². The highest BCUT2D eigenvalue weighted by Crippen LogP contribution is 2.29. The lowest BCUT2D eigenvalue weighted by atomic mass is 9.86. The number of amides is 1. The standard InChI is InChI=1S/C21H21N3O3S/c1-13-16(6-5-7-18(13)24(26)27)19(25)23-20-22-17(12-28-20)14-8-10-15(11-9-14)21(2,3)4/h5-12H,1-4H3,(H,22,23,25). The van der Waals surface area contributed by atoms with Crippen LogP contribution in [-0.2, 0) is 5.41 Å². The maximum absolute atomic E-state index is 12.5. The van der Waals surface area contributed by atoms with E-state index in [-0.39, 0.29) is 16.7 Å². The van der Waals surface area contributed by atoms with E-state index in [0.29, 0.717) is 10.7 Å². The molecule has 3 rings (SSSR count). The molecule has 1 amide bonds. The van der Waals surface area contributed by atoms with Crippen LogP contribution in [0.15, 0.2) is 47.8 Å². The molecule has 3 aromatic rings. The highest BCUT2D eigenvalue weighted by atomic mass is 32.1. The third-order valence-corrected chi connectivity index (χ3v) is 5.28. The Morgan fingerprint density at radius 3 is 2.43 bits per heavy atom. The number of nitrogens with zero attached hydrogens (tertiary/aromatic N) is 2. The highest BCUT2D eigenvalue weighted by Gasteiger charge is 2.19. The zero-order valence-electron chi connectivity index (χ0n) is 16.1. The van der Waals surface area contributed by atoms with Gasteiger partial charge < -0.3 is 0 Å². The molecule has 1 aromatic heterocycles. The lowest BCUT2D eigenvalue weighted by molar-refractivity contribution is -0.385. The fourth-order valence-electron chi connectivity index (χ4n) is 2.84. The highest BCUT2D eigenvalue weighted by molar-refractivity contribution is 7.14. The van der Waals surface area contributed by atoms with Crippen molar-refractivity contribution in [2.45, 2.75) is 33.1 Å². The van der Waals surface area contributed by atoms with Crippen LogP contribution in [0, 0.1) is 17.0 Å². The average Bonchev–Trinajstić information content (AvgIpc) is 3.09. The number of nitrogens with one attached hydrogen (secondary N) is 1. The second-order valence-electron chi connectivity index (χ2n) is 7.53. The number of aromatic nitrogens is 1. The van der Waals surface area contributed by atoms with Crippen LogP contribution in [0.1, 0.15) is 42.3 Å². The van der Waals surface area contributed by atoms with Crippen molar-refractivity contribution in [3.05, 3.63) is 74.6 Å². The maximum Gasteiger partial charge on any atom is 0.273 e. The predicted octanol–water partition coefficient (Wildman–Crippen LogP) is 5.58. The van der Waals surface area contributed by atoms with Gasteiger partial charge in [-0.15, -0.1) is 11.3 Å². The predicted molar refractivity (Wildman–Crippen MR) is 112 cm³/mol. The maximum atomic E-state index is 12.5. The second-order valence-corrected chi connectivity index (χ2v) is 8.38. The molecule has 7 heteroatoms. The molecule has 0 bridgehead atoms. The Balaban J connectivity index is 1.79. The van der Waals surface area contributed by atoms with Gasteiger partial charge in [-0.25, -0.2) is 4.98 Å². The molecule has 0 unspecified atom stereocenters. The summed E-state index contributed by atoms with van der Waals surface area (Å²) in [5, 5.41) is 16.1. The van der Waals surface area contributed by atoms with E-state index in [1.807, 2.05) is 17.5 Å². The number of carbonyl (C=O) groups excluding carboxylic acids is 1. The molecule has 0 saturated carbocycles. The molecule has 2 aromatic carbocycles. The van der Waals surface area contributed by atoms with Gasteiger partial charge in [0.2, 0.25) is 0 Å². The van der Waals surface area contributed by atoms with E-state index in [0.717, 1.165) is 11.3 Å². The zero-order valence-corrected chi connectivity index (χ0v) is 17.0. The molecule has 0 spiro atoms. The number of hydrogen-bond donors (Lipinski definition) is 1. The third-order valence-electron chi connectivity index (χ3n) is 4.52. The summed E-state index contributed by atoms with van der Waals surface area (Å²) >= 11 is 1.32. The third kappa shape index (κ3) is 4.09. The second kappa shape index (κ2) is 7.52. The molecule has 0 aliphatic heterocycles. The molecule has 1 N–H and O–H groups in total. The summed E-state index contributed by atoms with van der Waals surface area (Å²) in [6.45, 7) is 8.05. The van der Waals surface area contributed by atoms with Gasteiger partial charge in [-0.1, -0.05) is 51.1 Å². The molecule has 0 fully saturated rings. The molecular weight excluding hydrogens is 374 g/mol. The average molecular weight is 395 g/mol. The minimum absolute atomic E-state index is 0.0774. The van der Waals surface area contributed by atoms with Crippen LogP contribution in [0.5, 0.6) is 0 Å². The lowest BCUT2D eigenvalue weighted by Gasteiger charge is -2.18. The molecule has 0 atom stereocenters. The van der Waals surface area contributed by atoms with Crippen molar-refractivity contribution >= 4 is 28.1 Å². The summed E-state index contributed by atoms with van der Waals surface area (Å²) in [6, 6.07) is 12.7. The van der Waals surface area contributed by atoms with Crippen LogP contribution in [0.3, 0.4) is 0 Å². The van der Waals surface area contributed by atoms with Crippen molar-refractivity contribution in [1.82, 2.24) is 4.98 Å². The normalized spacial score (nSPS) is 11.3. The Labute approximate surface area is 167 Å². The van der Waals surface area contributed by atoms with Crippen LogP contribution >= 0.6 is 11.3 Å². The topological polar surface area (TPSA) is 85.1 Å². The Morgan fingerprint density at radius 1 is 1.14 bits per heavy atom. The van der Waals surface area contributed by atoms with Crippen LogP contribution in [0.2, 0.25) is 0 Å². The van der Waals surface area contributed by atoms with Gasteiger partial charge in [-0.3, -0.25) is 20.2 Å². The van der Waals surface area contributed by atoms with E-state index in [1.54, 1.807) is 13.0 Å². The van der Waals surface area contributed by atoms with E-state index < -0.39 is 10.8 Å². The molecule has 144 valence electrons. The summed E-state index contributed by atoms with van der Waals surface area (Å²) in [5.41, 5.74) is 3.58. The molecule has 0 aliphatic carbocycles. The van der Waals surface area contributed by atoms with Gasteiger partial charge in [0.25, 0.3) is 11.6 Å². The van der Waals surface area contributed by atoms with E-state index in [2.05, 4.69) is 43.2 Å². The first kappa shape index (κ1) is 19.7. The summed E-state index contributed by atoms with van der Waals surface area (Å²) in [6.07, 6.45) is 0. The van der Waals surface area contributed by atoms with E-state index >= 15 is 0 Å². The first-order chi connectivity index (χ1) is 13.2. The molecule has 0 radical (unpaired) electrons. The lowest BCUT2D eigenvalue weighted by Crippen LogP contribution is -2.14. The minimum Gasteiger partial charge on any atom is -0.298 e. The monoisotopic (exact) mass is 395 g/mol. The molecule has 0 aliphatic rings. The van der Waals surface area contributed by atoms with Crippen LogP contribution in [0.4, 0.5) is 10.8 Å². The van der Waals surface area contributed by atoms with E-state index in [1.165, 1.54) is 29.0 Å². The number of nitro benzene ring substituents is 1. The van der Waals surface area contributed by atoms with E-state index in [9.17, 15) is 14.9 Å². The summed E-state index contributed by atoms with van der Waals surface area (Å²) < 4.78 is 0. The summed E-state index contributed by atoms with van der Waals surface area (Å²) in [5.74, 6) is -0.412. The zero-order chi connectivity index (χ0) is 20.5. The smallest absolute Gasteiger partial charge is 0.273 e. The van der Waals surface area contributed by atoms with Gasteiger partial charge >= 0.3 is 0 Å². The SMILES string of the molecule is Cc1c(C(=O)Nc2nc(-c3ccc(C(C)(C)C)cc3)cs2)cccc1[N+](=O)[O-]. The first-order valence-corrected chi connectivity index (χ1v) is 9.66. The molecule has 1 heterocycles. The van der Waals surface area contributed by atoms with Gasteiger partial charge in [-0.2, -0.15) is 0 Å². The van der Waals surface area contributed by atoms with Gasteiger partial charge in [0.15, 0.2) is 5.13 Å². The molecule has 0 saturated heterocycles. The summed E-state index contributed by atoms with van der Waals surface area (Å²) in [4.78, 5) is 27.6. The van der Waals surface area contributed by atoms with Crippen molar-refractivity contribution in [2.75, 3.05) is 5.32 Å². The van der Waals surface area contributed by atoms with Crippen molar-refractivity contribution in [2.24, 2.45) is 0 Å². The van der Waals surface area contributed by atoms with Crippen LogP contribution in [-0.4, -0.2) is 15.8 Å². The Hall–Kier alpha value is -3.06. The fraction of sp³-hybridized carbons (Fsp3) is 0.238. The number of carbonyl (C=O) groups is 1. The van der Waals surface area contributed by atoms with Gasteiger partial charge in [0, 0.05) is 28.1 Å². The number of thiazole rings is 1. The van der Waals surface area contributed by atoms with Gasteiger partial charge in [-0.05, 0) is 24.0 Å². The minimum atomic E-state index is -0.491. The molecule has 28 heavy (non-hydrogen) atoms. The summed E-state index contributed by atoms with van der Waals surface area (Å²) in [7, 11) is 0. The Kier molecular flexibility index (Phi) is 5.29. The number of rotatable bonds is 4. The van der Waals surface area contributed by atoms with Crippen LogP contribution in [0.25, 0.3) is 11.3 Å². The number of benzene rings is 2. The van der Waals surface area contributed by atoms with Crippen molar-refractivity contribution in [3.63, 3.8) is 0 Å². The van der Waals surface area contributed by atoms with Crippen molar-refractivity contribution in [1.29, 1.82) is 0 Å². The largest absolute Gasteiger partial charge is 0.298 e. The molecular formula is C21H21N3O3S. The van der Waals surface area contributed by atoms with Crippen molar-refractivity contribution in [3.8, 4) is 11.3 Å². The number of anilines is 1.